The molecular formula is C11H8N4OS2. The van der Waals surface area contributed by atoms with E-state index in [9.17, 15) is 4.79 Å². The number of para-hydroxylation sites is 1. The van der Waals surface area contributed by atoms with Gasteiger partial charge in [-0.15, -0.1) is 5.10 Å². The molecule has 1 N–H and O–H groups in total. The van der Waals surface area contributed by atoms with Crippen LogP contribution in [0.1, 0.15) is 5.82 Å². The zero-order valence-corrected chi connectivity index (χ0v) is 11.0. The fraction of sp³-hybridized carbons (Fsp3) is 0.0909. The molecule has 0 unspecified atom stereocenters. The standard InChI is InChI=1S/C11H8N4OS2/c1-6-12-8-5-3-2-4-7(8)9(16)15(6)10-13-14-11(17)18-10/h2-5H,1H3,(H,14,17). The molecule has 0 bridgehead atoms. The van der Waals surface area contributed by atoms with Gasteiger partial charge < -0.3 is 0 Å². The van der Waals surface area contributed by atoms with Crippen molar-refractivity contribution in [2.75, 3.05) is 0 Å². The summed E-state index contributed by atoms with van der Waals surface area (Å²) in [5, 5.41) is 7.78. The van der Waals surface area contributed by atoms with Crippen molar-refractivity contribution >= 4 is 34.5 Å². The second kappa shape index (κ2) is 4.11. The maximum absolute atomic E-state index is 12.4. The SMILES string of the molecule is Cc1nc2ccccc2c(=O)n1-c1n[nH]c(=S)s1. The smallest absolute Gasteiger partial charge is 0.267 e. The Morgan fingerprint density at radius 3 is 2.89 bits per heavy atom. The van der Waals surface area contributed by atoms with Crippen molar-refractivity contribution in [3.8, 4) is 5.13 Å². The Bertz CT molecular complexity index is 846. The molecule has 0 atom stereocenters. The van der Waals surface area contributed by atoms with Crippen LogP contribution in [0.25, 0.3) is 16.0 Å². The normalized spacial score (nSPS) is 10.9. The van der Waals surface area contributed by atoms with Gasteiger partial charge in [0.1, 0.15) is 5.82 Å². The number of hydrogen-bond donors (Lipinski definition) is 1. The zero-order valence-electron chi connectivity index (χ0n) is 9.38. The molecular weight excluding hydrogens is 268 g/mol. The summed E-state index contributed by atoms with van der Waals surface area (Å²) in [6.45, 7) is 1.78. The third-order valence-corrected chi connectivity index (χ3v) is 3.64. The Morgan fingerprint density at radius 1 is 1.39 bits per heavy atom. The van der Waals surface area contributed by atoms with Crippen molar-refractivity contribution in [3.05, 3.63) is 44.4 Å². The van der Waals surface area contributed by atoms with Crippen LogP contribution in [0.3, 0.4) is 0 Å². The van der Waals surface area contributed by atoms with E-state index in [4.69, 9.17) is 12.2 Å². The van der Waals surface area contributed by atoms with Crippen LogP contribution in [0, 0.1) is 10.9 Å². The van der Waals surface area contributed by atoms with Crippen LogP contribution in [0.2, 0.25) is 0 Å². The van der Waals surface area contributed by atoms with Crippen LogP contribution < -0.4 is 5.56 Å². The van der Waals surface area contributed by atoms with Crippen molar-refractivity contribution in [2.24, 2.45) is 0 Å². The molecule has 0 amide bonds. The van der Waals surface area contributed by atoms with Gasteiger partial charge >= 0.3 is 0 Å². The maximum Gasteiger partial charge on any atom is 0.267 e. The largest absolute Gasteiger partial charge is 0.268 e. The summed E-state index contributed by atoms with van der Waals surface area (Å²) in [5.74, 6) is 0.594. The number of rotatable bonds is 1. The van der Waals surface area contributed by atoms with Crippen LogP contribution in [-0.2, 0) is 0 Å². The van der Waals surface area contributed by atoms with Crippen molar-refractivity contribution in [3.63, 3.8) is 0 Å². The number of aryl methyl sites for hydroxylation is 1. The Labute approximate surface area is 111 Å². The van der Waals surface area contributed by atoms with E-state index in [-0.39, 0.29) is 5.56 Å². The summed E-state index contributed by atoms with van der Waals surface area (Å²) >= 11 is 6.23. The van der Waals surface area contributed by atoms with E-state index < -0.39 is 0 Å². The first-order chi connectivity index (χ1) is 8.66. The third kappa shape index (κ3) is 1.68. The van der Waals surface area contributed by atoms with Gasteiger partial charge in [-0.1, -0.05) is 23.5 Å². The monoisotopic (exact) mass is 276 g/mol. The van der Waals surface area contributed by atoms with E-state index in [2.05, 4.69) is 15.2 Å². The van der Waals surface area contributed by atoms with Gasteiger partial charge in [0.25, 0.3) is 5.56 Å². The minimum atomic E-state index is -0.129. The lowest BCUT2D eigenvalue weighted by Crippen LogP contribution is -2.22. The number of benzene rings is 1. The molecule has 1 aromatic carbocycles. The van der Waals surface area contributed by atoms with Crippen LogP contribution in [0.5, 0.6) is 0 Å². The lowest BCUT2D eigenvalue weighted by molar-refractivity contribution is 0.861. The lowest BCUT2D eigenvalue weighted by Gasteiger charge is -2.06. The summed E-state index contributed by atoms with van der Waals surface area (Å²) < 4.78 is 2.00. The Hall–Kier alpha value is -1.86. The molecule has 90 valence electrons. The second-order valence-electron chi connectivity index (χ2n) is 3.71. The summed E-state index contributed by atoms with van der Waals surface area (Å²) in [6, 6.07) is 7.25. The van der Waals surface area contributed by atoms with Crippen molar-refractivity contribution in [1.29, 1.82) is 0 Å². The molecule has 7 heteroatoms. The first-order valence-corrected chi connectivity index (χ1v) is 6.43. The molecule has 3 rings (SSSR count). The molecule has 5 nitrogen and oxygen atoms in total. The molecule has 0 radical (unpaired) electrons. The van der Waals surface area contributed by atoms with E-state index >= 15 is 0 Å². The van der Waals surface area contributed by atoms with E-state index in [1.54, 1.807) is 13.0 Å². The molecule has 2 aromatic heterocycles. The molecule has 0 spiro atoms. The lowest BCUT2D eigenvalue weighted by atomic mass is 10.2. The van der Waals surface area contributed by atoms with Gasteiger partial charge in [0.05, 0.1) is 10.9 Å². The highest BCUT2D eigenvalue weighted by Gasteiger charge is 2.11. The highest BCUT2D eigenvalue weighted by atomic mass is 32.1. The summed E-state index contributed by atoms with van der Waals surface area (Å²) in [7, 11) is 0. The first-order valence-electron chi connectivity index (χ1n) is 5.21. The first kappa shape index (κ1) is 11.2. The quantitative estimate of drug-likeness (QED) is 0.692. The Kier molecular flexibility index (Phi) is 2.57. The molecule has 18 heavy (non-hydrogen) atoms. The molecule has 3 aromatic rings. The predicted octanol–water partition coefficient (Wildman–Crippen LogP) is 2.21. The predicted molar refractivity (Wildman–Crippen MR) is 72.9 cm³/mol. The van der Waals surface area contributed by atoms with Gasteiger partial charge in [-0.05, 0) is 31.3 Å². The molecule has 0 aliphatic heterocycles. The summed E-state index contributed by atoms with van der Waals surface area (Å²) in [4.78, 5) is 16.8. The van der Waals surface area contributed by atoms with Crippen LogP contribution in [-0.4, -0.2) is 19.7 Å². The molecule has 0 saturated carbocycles. The summed E-state index contributed by atoms with van der Waals surface area (Å²) in [5.41, 5.74) is 0.561. The van der Waals surface area contributed by atoms with E-state index in [0.717, 1.165) is 0 Å². The molecule has 2 heterocycles. The highest BCUT2D eigenvalue weighted by Crippen LogP contribution is 2.14. The van der Waals surface area contributed by atoms with Crippen LogP contribution in [0.4, 0.5) is 0 Å². The van der Waals surface area contributed by atoms with Crippen molar-refractivity contribution < 1.29 is 0 Å². The second-order valence-corrected chi connectivity index (χ2v) is 5.36. The Morgan fingerprint density at radius 2 is 2.17 bits per heavy atom. The van der Waals surface area contributed by atoms with E-state index in [1.807, 2.05) is 18.2 Å². The average molecular weight is 276 g/mol. The van der Waals surface area contributed by atoms with Gasteiger partial charge in [-0.2, -0.15) is 0 Å². The zero-order chi connectivity index (χ0) is 12.7. The molecule has 0 aliphatic carbocycles. The van der Waals surface area contributed by atoms with Crippen molar-refractivity contribution in [1.82, 2.24) is 19.7 Å². The van der Waals surface area contributed by atoms with Gasteiger partial charge in [0.2, 0.25) is 5.13 Å². The van der Waals surface area contributed by atoms with Crippen LogP contribution >= 0.6 is 23.6 Å². The van der Waals surface area contributed by atoms with E-state index in [1.165, 1.54) is 15.9 Å². The minimum Gasteiger partial charge on any atom is -0.268 e. The minimum absolute atomic E-state index is 0.129. The number of nitrogens with zero attached hydrogens (tertiary/aromatic N) is 3. The van der Waals surface area contributed by atoms with Gasteiger partial charge in [-0.3, -0.25) is 9.89 Å². The van der Waals surface area contributed by atoms with Gasteiger partial charge in [0.15, 0.2) is 3.95 Å². The van der Waals surface area contributed by atoms with Crippen LogP contribution in [0.15, 0.2) is 29.1 Å². The number of nitrogens with one attached hydrogen (secondary N) is 1. The topological polar surface area (TPSA) is 63.6 Å². The molecule has 0 fully saturated rings. The fourth-order valence-electron chi connectivity index (χ4n) is 1.79. The highest BCUT2D eigenvalue weighted by molar-refractivity contribution is 7.73. The number of aromatic nitrogens is 4. The summed E-state index contributed by atoms with van der Waals surface area (Å²) in [6.07, 6.45) is 0. The van der Waals surface area contributed by atoms with Gasteiger partial charge in [0, 0.05) is 0 Å². The Balaban J connectivity index is 2.43. The number of hydrogen-bond acceptors (Lipinski definition) is 5. The third-order valence-electron chi connectivity index (χ3n) is 2.56. The fourth-order valence-corrected chi connectivity index (χ4v) is 2.71. The van der Waals surface area contributed by atoms with Crippen molar-refractivity contribution in [2.45, 2.75) is 6.92 Å². The number of H-pyrrole nitrogens is 1. The van der Waals surface area contributed by atoms with Gasteiger partial charge in [-0.25, -0.2) is 9.55 Å². The average Bonchev–Trinajstić information content (AvgIpc) is 2.76. The number of fused-ring (bicyclic) bond motifs is 1. The molecule has 0 aliphatic rings. The number of aromatic amines is 1. The maximum atomic E-state index is 12.4. The van der Waals surface area contributed by atoms with E-state index in [0.29, 0.717) is 25.8 Å². The molecule has 0 saturated heterocycles.